The Bertz CT molecular complexity index is 469. The molecular formula is C12H16F2N2O3. The molecule has 0 saturated carbocycles. The SMILES string of the molecule is COCC(O)CN(C)C(=O)c1c(F)ccc(N)c1F. The number of rotatable bonds is 5. The highest BCUT2D eigenvalue weighted by molar-refractivity contribution is 5.95. The second-order valence-electron chi connectivity index (χ2n) is 4.12. The Kier molecular flexibility index (Phi) is 5.20. The first-order chi connectivity index (χ1) is 8.88. The van der Waals surface area contributed by atoms with Crippen molar-refractivity contribution in [2.75, 3.05) is 33.0 Å². The molecule has 7 heteroatoms. The van der Waals surface area contributed by atoms with E-state index in [0.717, 1.165) is 17.0 Å². The summed E-state index contributed by atoms with van der Waals surface area (Å²) in [6.45, 7) is -0.0974. The molecule has 19 heavy (non-hydrogen) atoms. The smallest absolute Gasteiger partial charge is 0.259 e. The van der Waals surface area contributed by atoms with Gasteiger partial charge in [0.2, 0.25) is 0 Å². The van der Waals surface area contributed by atoms with Crippen molar-refractivity contribution >= 4 is 11.6 Å². The summed E-state index contributed by atoms with van der Waals surface area (Å²) in [6.07, 6.45) is -0.939. The highest BCUT2D eigenvalue weighted by atomic mass is 19.1. The third-order valence-corrected chi connectivity index (χ3v) is 2.53. The van der Waals surface area contributed by atoms with E-state index in [1.165, 1.54) is 14.2 Å². The first kappa shape index (κ1) is 15.3. The second-order valence-corrected chi connectivity index (χ2v) is 4.12. The van der Waals surface area contributed by atoms with Crippen molar-refractivity contribution in [1.82, 2.24) is 4.90 Å². The largest absolute Gasteiger partial charge is 0.396 e. The molecule has 0 saturated heterocycles. The molecule has 0 heterocycles. The average Bonchev–Trinajstić information content (AvgIpc) is 2.34. The number of aliphatic hydroxyl groups is 1. The zero-order valence-corrected chi connectivity index (χ0v) is 10.7. The standard InChI is InChI=1S/C12H16F2N2O3/c1-16(5-7(17)6-19-2)12(18)10-8(13)3-4-9(15)11(10)14/h3-4,7,17H,5-6,15H2,1-2H3. The Morgan fingerprint density at radius 3 is 2.74 bits per heavy atom. The third-order valence-electron chi connectivity index (χ3n) is 2.53. The molecule has 1 rings (SSSR count). The normalized spacial score (nSPS) is 12.3. The number of halogens is 2. The van der Waals surface area contributed by atoms with Gasteiger partial charge in [-0.2, -0.15) is 0 Å². The molecule has 1 aromatic rings. The van der Waals surface area contributed by atoms with Gasteiger partial charge in [0, 0.05) is 20.7 Å². The van der Waals surface area contributed by atoms with Crippen LogP contribution in [0.2, 0.25) is 0 Å². The topological polar surface area (TPSA) is 75.8 Å². The van der Waals surface area contributed by atoms with Crippen LogP contribution in [-0.4, -0.2) is 49.3 Å². The number of aliphatic hydroxyl groups excluding tert-OH is 1. The molecule has 106 valence electrons. The number of hydrogen-bond donors (Lipinski definition) is 2. The second kappa shape index (κ2) is 6.44. The Labute approximate surface area is 109 Å². The maximum atomic E-state index is 13.7. The van der Waals surface area contributed by atoms with E-state index in [9.17, 15) is 18.7 Å². The maximum Gasteiger partial charge on any atom is 0.259 e. The molecule has 5 nitrogen and oxygen atoms in total. The summed E-state index contributed by atoms with van der Waals surface area (Å²) in [6, 6.07) is 1.96. The van der Waals surface area contributed by atoms with E-state index in [1.54, 1.807) is 0 Å². The fraction of sp³-hybridized carbons (Fsp3) is 0.417. The summed E-state index contributed by atoms with van der Waals surface area (Å²) in [5.74, 6) is -2.99. The van der Waals surface area contributed by atoms with Gasteiger partial charge in [-0.1, -0.05) is 0 Å². The van der Waals surface area contributed by atoms with Gasteiger partial charge >= 0.3 is 0 Å². The van der Waals surface area contributed by atoms with Crippen molar-refractivity contribution in [3.63, 3.8) is 0 Å². The van der Waals surface area contributed by atoms with Crippen LogP contribution in [0, 0.1) is 11.6 Å². The van der Waals surface area contributed by atoms with E-state index in [4.69, 9.17) is 10.5 Å². The Hall–Kier alpha value is -1.73. The molecule has 0 spiro atoms. The van der Waals surface area contributed by atoms with E-state index < -0.39 is 29.2 Å². The van der Waals surface area contributed by atoms with Crippen LogP contribution in [0.15, 0.2) is 12.1 Å². The highest BCUT2D eigenvalue weighted by Gasteiger charge is 2.23. The molecule has 0 aromatic heterocycles. The van der Waals surface area contributed by atoms with Gasteiger partial charge in [0.15, 0.2) is 5.82 Å². The first-order valence-corrected chi connectivity index (χ1v) is 5.54. The molecule has 0 aliphatic rings. The Morgan fingerprint density at radius 2 is 2.16 bits per heavy atom. The number of carbonyl (C=O) groups excluding carboxylic acids is 1. The minimum absolute atomic E-state index is 0.0134. The van der Waals surface area contributed by atoms with E-state index in [0.29, 0.717) is 0 Å². The molecular weight excluding hydrogens is 258 g/mol. The number of ether oxygens (including phenoxy) is 1. The van der Waals surface area contributed by atoms with Crippen LogP contribution in [-0.2, 0) is 4.74 Å². The van der Waals surface area contributed by atoms with Gasteiger partial charge in [-0.05, 0) is 12.1 Å². The first-order valence-electron chi connectivity index (χ1n) is 5.54. The molecule has 0 radical (unpaired) electrons. The van der Waals surface area contributed by atoms with Crippen molar-refractivity contribution in [3.8, 4) is 0 Å². The van der Waals surface area contributed by atoms with Crippen LogP contribution in [0.4, 0.5) is 14.5 Å². The summed E-state index contributed by atoms with van der Waals surface area (Å²) >= 11 is 0. The summed E-state index contributed by atoms with van der Waals surface area (Å²) in [4.78, 5) is 12.9. The van der Waals surface area contributed by atoms with Crippen LogP contribution in [0.3, 0.4) is 0 Å². The van der Waals surface area contributed by atoms with Gasteiger partial charge in [0.1, 0.15) is 11.4 Å². The van der Waals surface area contributed by atoms with Crippen LogP contribution < -0.4 is 5.73 Å². The zero-order valence-electron chi connectivity index (χ0n) is 10.7. The quantitative estimate of drug-likeness (QED) is 0.772. The average molecular weight is 274 g/mol. The monoisotopic (exact) mass is 274 g/mol. The molecule has 1 amide bonds. The fourth-order valence-corrected chi connectivity index (χ4v) is 1.60. The minimum atomic E-state index is -1.10. The number of nitrogens with zero attached hydrogens (tertiary/aromatic N) is 1. The van der Waals surface area contributed by atoms with Crippen molar-refractivity contribution in [2.24, 2.45) is 0 Å². The lowest BCUT2D eigenvalue weighted by atomic mass is 10.1. The van der Waals surface area contributed by atoms with Crippen molar-refractivity contribution in [1.29, 1.82) is 0 Å². The van der Waals surface area contributed by atoms with E-state index in [2.05, 4.69) is 0 Å². The van der Waals surface area contributed by atoms with Gasteiger partial charge in [-0.15, -0.1) is 0 Å². The maximum absolute atomic E-state index is 13.7. The van der Waals surface area contributed by atoms with Crippen LogP contribution in [0.1, 0.15) is 10.4 Å². The van der Waals surface area contributed by atoms with Gasteiger partial charge in [0.25, 0.3) is 5.91 Å². The highest BCUT2D eigenvalue weighted by Crippen LogP contribution is 2.20. The molecule has 0 aliphatic carbocycles. The van der Waals surface area contributed by atoms with Gasteiger partial charge in [-0.25, -0.2) is 8.78 Å². The summed E-state index contributed by atoms with van der Waals surface area (Å²) in [5.41, 5.74) is 4.26. The lowest BCUT2D eigenvalue weighted by Gasteiger charge is -2.21. The van der Waals surface area contributed by atoms with Crippen molar-refractivity contribution in [2.45, 2.75) is 6.10 Å². The summed E-state index contributed by atoms with van der Waals surface area (Å²) in [5, 5.41) is 9.48. The number of hydrogen-bond acceptors (Lipinski definition) is 4. The predicted molar refractivity (Wildman–Crippen MR) is 65.6 cm³/mol. The predicted octanol–water partition coefficient (Wildman–Crippen LogP) is 0.626. The lowest BCUT2D eigenvalue weighted by Crippen LogP contribution is -2.37. The van der Waals surface area contributed by atoms with Crippen molar-refractivity contribution < 1.29 is 23.4 Å². The number of anilines is 1. The number of amides is 1. The number of carbonyl (C=O) groups is 1. The molecule has 1 aromatic carbocycles. The number of methoxy groups -OCH3 is 1. The third kappa shape index (κ3) is 3.62. The Morgan fingerprint density at radius 1 is 1.53 bits per heavy atom. The minimum Gasteiger partial charge on any atom is -0.396 e. The summed E-state index contributed by atoms with van der Waals surface area (Å²) in [7, 11) is 2.71. The van der Waals surface area contributed by atoms with E-state index in [1.807, 2.05) is 0 Å². The van der Waals surface area contributed by atoms with Crippen molar-refractivity contribution in [3.05, 3.63) is 29.3 Å². The molecule has 0 bridgehead atoms. The number of benzene rings is 1. The number of nitrogens with two attached hydrogens (primary N) is 1. The van der Waals surface area contributed by atoms with Crippen LogP contribution in [0.25, 0.3) is 0 Å². The zero-order chi connectivity index (χ0) is 14.6. The molecule has 0 aliphatic heterocycles. The molecule has 1 unspecified atom stereocenters. The Balaban J connectivity index is 2.91. The van der Waals surface area contributed by atoms with Gasteiger partial charge in [-0.3, -0.25) is 4.79 Å². The number of likely N-dealkylation sites (N-methyl/N-ethyl adjacent to an activating group) is 1. The van der Waals surface area contributed by atoms with E-state index in [-0.39, 0.29) is 18.8 Å². The molecule has 0 fully saturated rings. The van der Waals surface area contributed by atoms with Crippen LogP contribution >= 0.6 is 0 Å². The van der Waals surface area contributed by atoms with Gasteiger partial charge < -0.3 is 20.5 Å². The van der Waals surface area contributed by atoms with E-state index >= 15 is 0 Å². The summed E-state index contributed by atoms with van der Waals surface area (Å²) < 4.78 is 31.9. The van der Waals surface area contributed by atoms with Crippen LogP contribution in [0.5, 0.6) is 0 Å². The number of nitrogen functional groups attached to an aromatic ring is 1. The van der Waals surface area contributed by atoms with Gasteiger partial charge in [0.05, 0.1) is 18.4 Å². The lowest BCUT2D eigenvalue weighted by molar-refractivity contribution is 0.0376. The fourth-order valence-electron chi connectivity index (χ4n) is 1.60. The molecule has 1 atom stereocenters. The molecule has 3 N–H and O–H groups in total.